The quantitative estimate of drug-likeness (QED) is 0.679. The maximum absolute atomic E-state index is 13.2. The van der Waals surface area contributed by atoms with E-state index < -0.39 is 6.10 Å². The SMILES string of the molecule is O=C1c2ccc(CN3CCC(O)CC3)cc2OCCN1CC(O)CN1CCc2ccccc2C1. The highest BCUT2D eigenvalue weighted by atomic mass is 16.5. The number of nitrogens with zero attached hydrogens (tertiary/aromatic N) is 3. The van der Waals surface area contributed by atoms with Gasteiger partial charge in [-0.15, -0.1) is 0 Å². The molecule has 1 amide bonds. The topological polar surface area (TPSA) is 76.5 Å². The van der Waals surface area contributed by atoms with Crippen molar-refractivity contribution in [2.45, 2.75) is 44.6 Å². The molecule has 34 heavy (non-hydrogen) atoms. The lowest BCUT2D eigenvalue weighted by atomic mass is 10.00. The second kappa shape index (κ2) is 10.4. The summed E-state index contributed by atoms with van der Waals surface area (Å²) in [6.07, 6.45) is 1.82. The molecule has 2 aromatic rings. The smallest absolute Gasteiger partial charge is 0.257 e. The van der Waals surface area contributed by atoms with Crippen LogP contribution in [-0.2, 0) is 19.5 Å². The Morgan fingerprint density at radius 2 is 1.76 bits per heavy atom. The van der Waals surface area contributed by atoms with E-state index in [0.717, 1.165) is 57.5 Å². The molecule has 3 aliphatic heterocycles. The maximum atomic E-state index is 13.2. The molecule has 3 heterocycles. The molecule has 0 radical (unpaired) electrons. The number of aliphatic hydroxyl groups excluding tert-OH is 2. The highest BCUT2D eigenvalue weighted by Crippen LogP contribution is 2.26. The van der Waals surface area contributed by atoms with Crippen molar-refractivity contribution in [2.75, 3.05) is 45.9 Å². The minimum absolute atomic E-state index is 0.0804. The third-order valence-electron chi connectivity index (χ3n) is 7.26. The first-order valence-corrected chi connectivity index (χ1v) is 12.5. The van der Waals surface area contributed by atoms with Gasteiger partial charge >= 0.3 is 0 Å². The van der Waals surface area contributed by atoms with Gasteiger partial charge in [0.1, 0.15) is 12.4 Å². The van der Waals surface area contributed by atoms with E-state index in [9.17, 15) is 15.0 Å². The van der Waals surface area contributed by atoms with E-state index in [1.54, 1.807) is 4.90 Å². The van der Waals surface area contributed by atoms with Crippen molar-refractivity contribution in [2.24, 2.45) is 0 Å². The summed E-state index contributed by atoms with van der Waals surface area (Å²) in [4.78, 5) is 19.6. The second-order valence-corrected chi connectivity index (χ2v) is 9.85. The minimum Gasteiger partial charge on any atom is -0.491 e. The molecule has 1 unspecified atom stereocenters. The van der Waals surface area contributed by atoms with Crippen LogP contribution in [-0.4, -0.2) is 88.9 Å². The van der Waals surface area contributed by atoms with Gasteiger partial charge in [0, 0.05) is 45.8 Å². The Balaban J connectivity index is 1.18. The first kappa shape index (κ1) is 23.3. The van der Waals surface area contributed by atoms with Crippen molar-refractivity contribution in [3.8, 4) is 5.75 Å². The standard InChI is InChI=1S/C27H35N3O4/c31-23-8-11-28(12-9-23)16-20-5-6-25-26(15-20)34-14-13-30(27(25)33)19-24(32)18-29-10-7-21-3-1-2-4-22(21)17-29/h1-6,15,23-24,31-32H,7-14,16-19H2. The molecule has 0 aliphatic carbocycles. The molecule has 182 valence electrons. The molecule has 2 aromatic carbocycles. The van der Waals surface area contributed by atoms with Crippen LogP contribution in [0.4, 0.5) is 0 Å². The molecule has 1 saturated heterocycles. The highest BCUT2D eigenvalue weighted by Gasteiger charge is 2.27. The van der Waals surface area contributed by atoms with Crippen molar-refractivity contribution in [3.05, 3.63) is 64.7 Å². The average molecular weight is 466 g/mol. The van der Waals surface area contributed by atoms with Gasteiger partial charge in [0.15, 0.2) is 0 Å². The van der Waals surface area contributed by atoms with Crippen molar-refractivity contribution in [3.63, 3.8) is 0 Å². The molecular weight excluding hydrogens is 430 g/mol. The summed E-state index contributed by atoms with van der Waals surface area (Å²) in [5, 5.41) is 20.5. The second-order valence-electron chi connectivity index (χ2n) is 9.85. The number of fused-ring (bicyclic) bond motifs is 2. The lowest BCUT2D eigenvalue weighted by Gasteiger charge is -2.32. The number of hydrogen-bond donors (Lipinski definition) is 2. The van der Waals surface area contributed by atoms with Gasteiger partial charge in [-0.3, -0.25) is 14.6 Å². The summed E-state index contributed by atoms with van der Waals surface area (Å²) in [5.41, 5.74) is 4.39. The average Bonchev–Trinajstić information content (AvgIpc) is 2.99. The summed E-state index contributed by atoms with van der Waals surface area (Å²) < 4.78 is 5.95. The van der Waals surface area contributed by atoms with Crippen LogP contribution in [0.1, 0.15) is 39.9 Å². The summed E-state index contributed by atoms with van der Waals surface area (Å²) >= 11 is 0. The van der Waals surface area contributed by atoms with Gasteiger partial charge in [0.05, 0.1) is 24.3 Å². The third-order valence-corrected chi connectivity index (χ3v) is 7.26. The Bertz CT molecular complexity index is 1010. The van der Waals surface area contributed by atoms with Crippen LogP contribution >= 0.6 is 0 Å². The summed E-state index contributed by atoms with van der Waals surface area (Å²) in [5.74, 6) is 0.548. The summed E-state index contributed by atoms with van der Waals surface area (Å²) in [6, 6.07) is 14.3. The van der Waals surface area contributed by atoms with Gasteiger partial charge in [0.25, 0.3) is 5.91 Å². The Morgan fingerprint density at radius 3 is 2.59 bits per heavy atom. The fraction of sp³-hybridized carbons (Fsp3) is 0.519. The van der Waals surface area contributed by atoms with Crippen molar-refractivity contribution in [1.29, 1.82) is 0 Å². The molecule has 0 spiro atoms. The lowest BCUT2D eigenvalue weighted by molar-refractivity contribution is 0.0501. The van der Waals surface area contributed by atoms with Crippen LogP contribution in [0.25, 0.3) is 0 Å². The number of piperidine rings is 1. The number of aliphatic hydroxyl groups is 2. The van der Waals surface area contributed by atoms with E-state index in [0.29, 0.717) is 37.6 Å². The Labute approximate surface area is 201 Å². The predicted octanol–water partition coefficient (Wildman–Crippen LogP) is 1.90. The van der Waals surface area contributed by atoms with Crippen LogP contribution in [0.2, 0.25) is 0 Å². The fourth-order valence-electron chi connectivity index (χ4n) is 5.33. The van der Waals surface area contributed by atoms with E-state index in [1.165, 1.54) is 11.1 Å². The molecule has 0 saturated carbocycles. The summed E-state index contributed by atoms with van der Waals surface area (Å²) in [7, 11) is 0. The number of ether oxygens (including phenoxy) is 1. The number of rotatable bonds is 6. The Hall–Kier alpha value is -2.45. The largest absolute Gasteiger partial charge is 0.491 e. The zero-order valence-electron chi connectivity index (χ0n) is 19.7. The normalized spacial score (nSPS) is 20.9. The van der Waals surface area contributed by atoms with E-state index >= 15 is 0 Å². The predicted molar refractivity (Wildman–Crippen MR) is 130 cm³/mol. The maximum Gasteiger partial charge on any atom is 0.257 e. The van der Waals surface area contributed by atoms with Crippen LogP contribution in [0, 0.1) is 0 Å². The fourth-order valence-corrected chi connectivity index (χ4v) is 5.33. The highest BCUT2D eigenvalue weighted by molar-refractivity contribution is 5.97. The number of benzene rings is 2. The van der Waals surface area contributed by atoms with Crippen molar-refractivity contribution < 1.29 is 19.7 Å². The first-order valence-electron chi connectivity index (χ1n) is 12.5. The molecule has 7 heteroatoms. The zero-order valence-corrected chi connectivity index (χ0v) is 19.7. The molecule has 5 rings (SSSR count). The van der Waals surface area contributed by atoms with E-state index in [-0.39, 0.29) is 12.0 Å². The van der Waals surface area contributed by atoms with Crippen LogP contribution in [0.5, 0.6) is 5.75 Å². The van der Waals surface area contributed by atoms with E-state index in [1.807, 2.05) is 18.2 Å². The number of hydrogen-bond acceptors (Lipinski definition) is 6. The van der Waals surface area contributed by atoms with Gasteiger partial charge in [-0.1, -0.05) is 30.3 Å². The Morgan fingerprint density at radius 1 is 0.971 bits per heavy atom. The number of likely N-dealkylation sites (tertiary alicyclic amines) is 1. The van der Waals surface area contributed by atoms with E-state index in [2.05, 4.69) is 34.1 Å². The van der Waals surface area contributed by atoms with Crippen molar-refractivity contribution >= 4 is 5.91 Å². The molecule has 1 atom stereocenters. The molecule has 0 aromatic heterocycles. The summed E-state index contributed by atoms with van der Waals surface area (Å²) in [6.45, 7) is 6.05. The molecule has 7 nitrogen and oxygen atoms in total. The number of β-amino-alcohol motifs (C(OH)–C–C–N with tert-alkyl or cyclic N) is 1. The van der Waals surface area contributed by atoms with Gasteiger partial charge in [-0.25, -0.2) is 0 Å². The molecule has 0 bridgehead atoms. The van der Waals surface area contributed by atoms with Crippen LogP contribution in [0.3, 0.4) is 0 Å². The van der Waals surface area contributed by atoms with Crippen LogP contribution in [0.15, 0.2) is 42.5 Å². The van der Waals surface area contributed by atoms with Gasteiger partial charge < -0.3 is 19.8 Å². The molecule has 2 N–H and O–H groups in total. The lowest BCUT2D eigenvalue weighted by Crippen LogP contribution is -2.44. The molecule has 1 fully saturated rings. The number of carbonyl (C=O) groups excluding carboxylic acids is 1. The zero-order chi connectivity index (χ0) is 23.5. The van der Waals surface area contributed by atoms with Crippen molar-refractivity contribution in [1.82, 2.24) is 14.7 Å². The van der Waals surface area contributed by atoms with Gasteiger partial charge in [-0.2, -0.15) is 0 Å². The minimum atomic E-state index is -0.607. The Kier molecular flexibility index (Phi) is 7.15. The van der Waals surface area contributed by atoms with Gasteiger partial charge in [0.2, 0.25) is 0 Å². The molecular formula is C27H35N3O4. The van der Waals surface area contributed by atoms with E-state index in [4.69, 9.17) is 4.74 Å². The number of carbonyl (C=O) groups is 1. The van der Waals surface area contributed by atoms with Crippen LogP contribution < -0.4 is 4.74 Å². The third kappa shape index (κ3) is 5.44. The number of amides is 1. The first-order chi connectivity index (χ1) is 16.5. The monoisotopic (exact) mass is 465 g/mol. The molecule has 3 aliphatic rings. The van der Waals surface area contributed by atoms with Gasteiger partial charge in [-0.05, 0) is 48.1 Å².